The summed E-state index contributed by atoms with van der Waals surface area (Å²) in [6, 6.07) is 22.9. The van der Waals surface area contributed by atoms with Gasteiger partial charge in [0, 0.05) is 11.1 Å². The van der Waals surface area contributed by atoms with Gasteiger partial charge in [-0.1, -0.05) is 30.3 Å². The van der Waals surface area contributed by atoms with E-state index in [2.05, 4.69) is 10.4 Å². The van der Waals surface area contributed by atoms with Crippen molar-refractivity contribution < 1.29 is 9.53 Å². The molecule has 4 aromatic rings. The highest BCUT2D eigenvalue weighted by atomic mass is 16.5. The van der Waals surface area contributed by atoms with Crippen LogP contribution in [0.1, 0.15) is 10.4 Å². The average molecular weight is 371 g/mol. The molecule has 1 aromatic heterocycles. The van der Waals surface area contributed by atoms with E-state index in [-0.39, 0.29) is 5.56 Å². The molecule has 28 heavy (non-hydrogen) atoms. The number of methoxy groups -OCH3 is 1. The van der Waals surface area contributed by atoms with Gasteiger partial charge in [-0.3, -0.25) is 15.0 Å². The van der Waals surface area contributed by atoms with Crippen LogP contribution in [-0.4, -0.2) is 22.7 Å². The molecule has 4 rings (SSSR count). The van der Waals surface area contributed by atoms with E-state index in [0.717, 1.165) is 0 Å². The van der Waals surface area contributed by atoms with Crippen LogP contribution in [0.2, 0.25) is 0 Å². The van der Waals surface area contributed by atoms with Gasteiger partial charge >= 0.3 is 0 Å². The molecule has 1 heterocycles. The van der Waals surface area contributed by atoms with E-state index in [0.29, 0.717) is 33.6 Å². The number of rotatable bonds is 4. The zero-order valence-corrected chi connectivity index (χ0v) is 15.1. The third-order valence-corrected chi connectivity index (χ3v) is 4.37. The number of amides is 1. The Morgan fingerprint density at radius 2 is 1.61 bits per heavy atom. The van der Waals surface area contributed by atoms with E-state index < -0.39 is 5.91 Å². The summed E-state index contributed by atoms with van der Waals surface area (Å²) in [5.74, 6) is 0.636. The van der Waals surface area contributed by atoms with E-state index in [9.17, 15) is 9.59 Å². The van der Waals surface area contributed by atoms with Crippen LogP contribution in [-0.2, 0) is 0 Å². The molecule has 3 aromatic carbocycles. The van der Waals surface area contributed by atoms with Crippen molar-refractivity contribution in [3.63, 3.8) is 0 Å². The van der Waals surface area contributed by atoms with Crippen LogP contribution < -0.4 is 15.7 Å². The number of fused-ring (bicyclic) bond motifs is 1. The van der Waals surface area contributed by atoms with Crippen LogP contribution in [0.4, 0.5) is 0 Å². The zero-order chi connectivity index (χ0) is 19.5. The normalized spacial score (nSPS) is 10.6. The Labute approximate surface area is 161 Å². The molecule has 6 heteroatoms. The highest BCUT2D eigenvalue weighted by Crippen LogP contribution is 2.21. The van der Waals surface area contributed by atoms with Crippen molar-refractivity contribution in [3.05, 3.63) is 94.8 Å². The smallest absolute Gasteiger partial charge is 0.280 e. The fraction of sp³-hybridized carbons (Fsp3) is 0.0455. The van der Waals surface area contributed by atoms with E-state index in [1.54, 1.807) is 73.8 Å². The highest BCUT2D eigenvalue weighted by Gasteiger charge is 2.15. The number of para-hydroxylation sites is 1. The molecule has 0 bridgehead atoms. The fourth-order valence-corrected chi connectivity index (χ4v) is 2.93. The van der Waals surface area contributed by atoms with Gasteiger partial charge in [0.15, 0.2) is 5.82 Å². The van der Waals surface area contributed by atoms with Gasteiger partial charge in [-0.05, 0) is 48.5 Å². The molecule has 0 saturated carbocycles. The van der Waals surface area contributed by atoms with Crippen LogP contribution in [0.25, 0.3) is 22.3 Å². The van der Waals surface area contributed by atoms with Gasteiger partial charge in [0.2, 0.25) is 0 Å². The molecule has 0 spiro atoms. The van der Waals surface area contributed by atoms with Crippen molar-refractivity contribution >= 4 is 16.8 Å². The minimum Gasteiger partial charge on any atom is -0.497 e. The van der Waals surface area contributed by atoms with Gasteiger partial charge in [-0.15, -0.1) is 0 Å². The largest absolute Gasteiger partial charge is 0.497 e. The molecule has 0 aliphatic carbocycles. The van der Waals surface area contributed by atoms with Crippen LogP contribution in [0.5, 0.6) is 5.75 Å². The zero-order valence-electron chi connectivity index (χ0n) is 15.1. The summed E-state index contributed by atoms with van der Waals surface area (Å²) in [6.45, 7) is 0. The Morgan fingerprint density at radius 1 is 0.929 bits per heavy atom. The number of nitrogens with zero attached hydrogens (tertiary/aromatic N) is 2. The van der Waals surface area contributed by atoms with Crippen LogP contribution >= 0.6 is 0 Å². The number of aromatic nitrogens is 2. The summed E-state index contributed by atoms with van der Waals surface area (Å²) in [4.78, 5) is 30.4. The summed E-state index contributed by atoms with van der Waals surface area (Å²) >= 11 is 0. The van der Waals surface area contributed by atoms with Crippen LogP contribution in [0.15, 0.2) is 83.7 Å². The number of ether oxygens (including phenoxy) is 1. The third kappa shape index (κ3) is 3.23. The molecule has 0 aliphatic heterocycles. The molecule has 138 valence electrons. The lowest BCUT2D eigenvalue weighted by molar-refractivity contribution is 0.101. The summed E-state index contributed by atoms with van der Waals surface area (Å²) in [5.41, 5.74) is 4.02. The number of carbonyl (C=O) groups is 1. The van der Waals surface area contributed by atoms with Gasteiger partial charge in [0.05, 0.1) is 18.0 Å². The SMILES string of the molecule is COc1ccc(-c2nc3ccccc3c(=O)n2NC(=O)c2ccccc2)cc1. The van der Waals surface area contributed by atoms with Gasteiger partial charge in [-0.2, -0.15) is 4.68 Å². The maximum atomic E-state index is 13.1. The van der Waals surface area contributed by atoms with Crippen molar-refractivity contribution in [1.29, 1.82) is 0 Å². The van der Waals surface area contributed by atoms with Gasteiger partial charge in [0.25, 0.3) is 11.5 Å². The van der Waals surface area contributed by atoms with E-state index in [4.69, 9.17) is 4.74 Å². The predicted octanol–water partition coefficient (Wildman–Crippen LogP) is 3.46. The second kappa shape index (κ2) is 7.36. The lowest BCUT2D eigenvalue weighted by Crippen LogP contribution is -2.35. The summed E-state index contributed by atoms with van der Waals surface area (Å²) in [6.07, 6.45) is 0. The Balaban J connectivity index is 1.88. The monoisotopic (exact) mass is 371 g/mol. The summed E-state index contributed by atoms with van der Waals surface area (Å²) in [5, 5.41) is 0.424. The Kier molecular flexibility index (Phi) is 4.60. The van der Waals surface area contributed by atoms with Crippen LogP contribution in [0, 0.1) is 0 Å². The molecular formula is C22H17N3O3. The molecule has 0 radical (unpaired) electrons. The molecule has 0 fully saturated rings. The molecule has 0 atom stereocenters. The lowest BCUT2D eigenvalue weighted by atomic mass is 10.2. The van der Waals surface area contributed by atoms with Gasteiger partial charge < -0.3 is 4.74 Å². The second-order valence-electron chi connectivity index (χ2n) is 6.13. The van der Waals surface area contributed by atoms with E-state index in [1.807, 2.05) is 12.1 Å². The number of hydrogen-bond acceptors (Lipinski definition) is 4. The maximum Gasteiger partial charge on any atom is 0.280 e. The minimum atomic E-state index is -0.394. The second-order valence-corrected chi connectivity index (χ2v) is 6.13. The first-order valence-corrected chi connectivity index (χ1v) is 8.70. The molecule has 0 aliphatic rings. The van der Waals surface area contributed by atoms with Crippen molar-refractivity contribution in [1.82, 2.24) is 9.66 Å². The molecule has 1 amide bonds. The average Bonchev–Trinajstić information content (AvgIpc) is 2.76. The van der Waals surface area contributed by atoms with E-state index >= 15 is 0 Å². The van der Waals surface area contributed by atoms with Crippen LogP contribution in [0.3, 0.4) is 0 Å². The number of hydrogen-bond donors (Lipinski definition) is 1. The molecular weight excluding hydrogens is 354 g/mol. The first-order chi connectivity index (χ1) is 13.7. The molecule has 0 saturated heterocycles. The number of nitrogens with one attached hydrogen (secondary N) is 1. The van der Waals surface area contributed by atoms with Crippen molar-refractivity contribution in [2.24, 2.45) is 0 Å². The quantitative estimate of drug-likeness (QED) is 0.596. The van der Waals surface area contributed by atoms with Crippen molar-refractivity contribution in [2.75, 3.05) is 12.5 Å². The molecule has 6 nitrogen and oxygen atoms in total. The minimum absolute atomic E-state index is 0.343. The maximum absolute atomic E-state index is 13.1. The van der Waals surface area contributed by atoms with E-state index in [1.165, 1.54) is 4.68 Å². The summed E-state index contributed by atoms with van der Waals surface area (Å²) < 4.78 is 6.39. The lowest BCUT2D eigenvalue weighted by Gasteiger charge is -2.15. The highest BCUT2D eigenvalue weighted by molar-refractivity contribution is 6.00. The Hall–Kier alpha value is -3.93. The van der Waals surface area contributed by atoms with Crippen molar-refractivity contribution in [3.8, 4) is 17.1 Å². The Bertz CT molecular complexity index is 1200. The molecule has 0 unspecified atom stereocenters. The third-order valence-electron chi connectivity index (χ3n) is 4.37. The summed E-state index contributed by atoms with van der Waals surface area (Å²) in [7, 11) is 1.58. The fourth-order valence-electron chi connectivity index (χ4n) is 2.93. The first kappa shape index (κ1) is 17.5. The standard InChI is InChI=1S/C22H17N3O3/c1-28-17-13-11-15(12-14-17)20-23-19-10-6-5-9-18(19)22(27)25(20)24-21(26)16-7-3-2-4-8-16/h2-14H,1H3,(H,24,26). The number of carbonyl (C=O) groups excluding carboxylic acids is 1. The topological polar surface area (TPSA) is 73.2 Å². The molecule has 1 N–H and O–H groups in total. The van der Waals surface area contributed by atoms with Gasteiger partial charge in [0.1, 0.15) is 5.75 Å². The first-order valence-electron chi connectivity index (χ1n) is 8.70. The Morgan fingerprint density at radius 3 is 2.32 bits per heavy atom. The number of benzene rings is 3. The predicted molar refractivity (Wildman–Crippen MR) is 108 cm³/mol. The van der Waals surface area contributed by atoms with Crippen molar-refractivity contribution in [2.45, 2.75) is 0 Å². The van der Waals surface area contributed by atoms with Gasteiger partial charge in [-0.25, -0.2) is 4.98 Å².